The average molecular weight is 291 g/mol. The van der Waals surface area contributed by atoms with E-state index in [4.69, 9.17) is 0 Å². The summed E-state index contributed by atoms with van der Waals surface area (Å²) >= 11 is 0. The maximum Gasteiger partial charge on any atom is 0.144 e. The van der Waals surface area contributed by atoms with Crippen molar-refractivity contribution in [2.75, 3.05) is 39.0 Å². The molecule has 2 heterocycles. The highest BCUT2D eigenvalue weighted by Crippen LogP contribution is 2.16. The van der Waals surface area contributed by atoms with Crippen LogP contribution in [0.4, 0.5) is 5.82 Å². The fourth-order valence-corrected chi connectivity index (χ4v) is 2.84. The maximum absolute atomic E-state index is 4.66. The van der Waals surface area contributed by atoms with Crippen molar-refractivity contribution in [3.8, 4) is 0 Å². The van der Waals surface area contributed by atoms with E-state index < -0.39 is 0 Å². The molecule has 118 valence electrons. The number of aryl methyl sites for hydroxylation is 1. The van der Waals surface area contributed by atoms with Gasteiger partial charge in [0, 0.05) is 30.9 Å². The lowest BCUT2D eigenvalue weighted by Crippen LogP contribution is -2.44. The molecule has 0 saturated carbocycles. The van der Waals surface area contributed by atoms with Crippen LogP contribution < -0.4 is 5.32 Å². The van der Waals surface area contributed by atoms with Crippen LogP contribution in [-0.4, -0.2) is 59.5 Å². The molecule has 1 aromatic rings. The molecule has 0 radical (unpaired) electrons. The molecule has 1 unspecified atom stereocenters. The zero-order valence-electron chi connectivity index (χ0n) is 13.9. The van der Waals surface area contributed by atoms with E-state index in [2.05, 4.69) is 46.1 Å². The van der Waals surface area contributed by atoms with E-state index in [1.165, 1.54) is 12.8 Å². The Morgan fingerprint density at radius 3 is 2.90 bits per heavy atom. The second kappa shape index (κ2) is 7.71. The predicted octanol–water partition coefficient (Wildman–Crippen LogP) is 2.13. The van der Waals surface area contributed by atoms with Gasteiger partial charge in [-0.1, -0.05) is 6.92 Å². The molecule has 1 aromatic heterocycles. The summed E-state index contributed by atoms with van der Waals surface area (Å²) in [7, 11) is 4.34. The van der Waals surface area contributed by atoms with E-state index in [9.17, 15) is 0 Å². The Morgan fingerprint density at radius 1 is 1.38 bits per heavy atom. The van der Waals surface area contributed by atoms with E-state index in [0.717, 1.165) is 49.9 Å². The van der Waals surface area contributed by atoms with Crippen molar-refractivity contribution in [1.82, 2.24) is 19.8 Å². The third kappa shape index (κ3) is 4.93. The number of nitrogens with zero attached hydrogens (tertiary/aromatic N) is 4. The van der Waals surface area contributed by atoms with Crippen molar-refractivity contribution in [3.05, 3.63) is 17.6 Å². The minimum absolute atomic E-state index is 0.654. The van der Waals surface area contributed by atoms with Gasteiger partial charge in [0.25, 0.3) is 0 Å². The molecule has 5 heteroatoms. The number of rotatable bonds is 6. The summed E-state index contributed by atoms with van der Waals surface area (Å²) in [6.45, 7) is 8.29. The van der Waals surface area contributed by atoms with E-state index in [1.54, 1.807) is 0 Å². The molecule has 0 aliphatic carbocycles. The number of hydrogen-bond donors (Lipinski definition) is 1. The van der Waals surface area contributed by atoms with Crippen LogP contribution in [0.2, 0.25) is 0 Å². The van der Waals surface area contributed by atoms with Gasteiger partial charge in [-0.2, -0.15) is 0 Å². The molecular weight excluding hydrogens is 262 g/mol. The molecular formula is C16H29N5. The van der Waals surface area contributed by atoms with Gasteiger partial charge in [-0.15, -0.1) is 0 Å². The van der Waals surface area contributed by atoms with Gasteiger partial charge in [-0.3, -0.25) is 4.90 Å². The van der Waals surface area contributed by atoms with E-state index >= 15 is 0 Å². The first-order valence-corrected chi connectivity index (χ1v) is 8.05. The van der Waals surface area contributed by atoms with E-state index in [0.29, 0.717) is 6.04 Å². The number of aromatic nitrogens is 2. The first kappa shape index (κ1) is 16.2. The van der Waals surface area contributed by atoms with Gasteiger partial charge in [-0.05, 0) is 46.8 Å². The third-order valence-electron chi connectivity index (χ3n) is 4.03. The molecule has 2 rings (SSSR count). The summed E-state index contributed by atoms with van der Waals surface area (Å²) in [6.07, 6.45) is 3.66. The van der Waals surface area contributed by atoms with Gasteiger partial charge in [0.2, 0.25) is 0 Å². The second-order valence-corrected chi connectivity index (χ2v) is 6.23. The van der Waals surface area contributed by atoms with Gasteiger partial charge in [0.1, 0.15) is 11.6 Å². The van der Waals surface area contributed by atoms with Crippen molar-refractivity contribution in [3.63, 3.8) is 0 Å². The van der Waals surface area contributed by atoms with Crippen molar-refractivity contribution in [2.24, 2.45) is 0 Å². The van der Waals surface area contributed by atoms with Gasteiger partial charge >= 0.3 is 0 Å². The van der Waals surface area contributed by atoms with Crippen LogP contribution in [0.1, 0.15) is 37.7 Å². The van der Waals surface area contributed by atoms with Crippen LogP contribution >= 0.6 is 0 Å². The van der Waals surface area contributed by atoms with Crippen LogP contribution in [0.3, 0.4) is 0 Å². The summed E-state index contributed by atoms with van der Waals surface area (Å²) in [5.41, 5.74) is 1.04. The van der Waals surface area contributed by atoms with Gasteiger partial charge in [-0.25, -0.2) is 9.97 Å². The fraction of sp³-hybridized carbons (Fsp3) is 0.750. The van der Waals surface area contributed by atoms with Crippen LogP contribution in [0.15, 0.2) is 6.07 Å². The highest BCUT2D eigenvalue weighted by Gasteiger charge is 2.22. The number of piperidine rings is 1. The molecule has 1 atom stereocenters. The lowest BCUT2D eigenvalue weighted by Gasteiger charge is -2.35. The molecule has 1 saturated heterocycles. The molecule has 0 spiro atoms. The summed E-state index contributed by atoms with van der Waals surface area (Å²) in [5, 5.41) is 3.36. The van der Waals surface area contributed by atoms with Crippen LogP contribution in [0.5, 0.6) is 0 Å². The lowest BCUT2D eigenvalue weighted by molar-refractivity contribution is 0.125. The summed E-state index contributed by atoms with van der Waals surface area (Å²) < 4.78 is 0. The smallest absolute Gasteiger partial charge is 0.144 e. The SMILES string of the molecule is CCCNc1cc(C)nc(CN2CCCC(N(C)C)C2)n1. The third-order valence-corrected chi connectivity index (χ3v) is 4.03. The predicted molar refractivity (Wildman–Crippen MR) is 87.5 cm³/mol. The van der Waals surface area contributed by atoms with Crippen LogP contribution in [-0.2, 0) is 6.54 Å². The average Bonchev–Trinajstić information content (AvgIpc) is 2.45. The van der Waals surface area contributed by atoms with Crippen molar-refractivity contribution >= 4 is 5.82 Å². The van der Waals surface area contributed by atoms with E-state index in [-0.39, 0.29) is 0 Å². The molecule has 0 aromatic carbocycles. The summed E-state index contributed by atoms with van der Waals surface area (Å²) in [6, 6.07) is 2.68. The van der Waals surface area contributed by atoms with Crippen molar-refractivity contribution in [2.45, 2.75) is 45.7 Å². The minimum Gasteiger partial charge on any atom is -0.370 e. The molecule has 1 N–H and O–H groups in total. The summed E-state index contributed by atoms with van der Waals surface area (Å²) in [5.74, 6) is 1.90. The Labute approximate surface area is 128 Å². The molecule has 5 nitrogen and oxygen atoms in total. The topological polar surface area (TPSA) is 44.3 Å². The first-order chi connectivity index (χ1) is 10.1. The zero-order chi connectivity index (χ0) is 15.2. The quantitative estimate of drug-likeness (QED) is 0.870. The Morgan fingerprint density at radius 2 is 2.19 bits per heavy atom. The highest BCUT2D eigenvalue weighted by atomic mass is 15.2. The monoisotopic (exact) mass is 291 g/mol. The Balaban J connectivity index is 1.99. The number of hydrogen-bond acceptors (Lipinski definition) is 5. The van der Waals surface area contributed by atoms with Crippen molar-refractivity contribution in [1.29, 1.82) is 0 Å². The summed E-state index contributed by atoms with van der Waals surface area (Å²) in [4.78, 5) is 14.1. The second-order valence-electron chi connectivity index (χ2n) is 6.23. The molecule has 0 amide bonds. The largest absolute Gasteiger partial charge is 0.370 e. The van der Waals surface area contributed by atoms with Crippen molar-refractivity contribution < 1.29 is 0 Å². The molecule has 1 aliphatic heterocycles. The van der Waals surface area contributed by atoms with Crippen LogP contribution in [0, 0.1) is 6.92 Å². The standard InChI is InChI=1S/C16H29N5/c1-5-8-17-15-10-13(2)18-16(19-15)12-21-9-6-7-14(11-21)20(3)4/h10,14H,5-9,11-12H2,1-4H3,(H,17,18,19). The Kier molecular flexibility index (Phi) is 5.94. The van der Waals surface area contributed by atoms with Gasteiger partial charge < -0.3 is 10.2 Å². The Bertz CT molecular complexity index is 446. The minimum atomic E-state index is 0.654. The number of nitrogens with one attached hydrogen (secondary N) is 1. The zero-order valence-corrected chi connectivity index (χ0v) is 13.9. The fourth-order valence-electron chi connectivity index (χ4n) is 2.84. The normalized spacial score (nSPS) is 20.0. The molecule has 1 aliphatic rings. The van der Waals surface area contributed by atoms with E-state index in [1.807, 2.05) is 13.0 Å². The van der Waals surface area contributed by atoms with Gasteiger partial charge in [0.05, 0.1) is 6.54 Å². The maximum atomic E-state index is 4.66. The Hall–Kier alpha value is -1.20. The van der Waals surface area contributed by atoms with Crippen LogP contribution in [0.25, 0.3) is 0 Å². The first-order valence-electron chi connectivity index (χ1n) is 8.05. The number of anilines is 1. The number of likely N-dealkylation sites (N-methyl/N-ethyl adjacent to an activating group) is 1. The number of likely N-dealkylation sites (tertiary alicyclic amines) is 1. The molecule has 21 heavy (non-hydrogen) atoms. The molecule has 1 fully saturated rings. The molecule has 0 bridgehead atoms. The van der Waals surface area contributed by atoms with Gasteiger partial charge in [0.15, 0.2) is 0 Å². The lowest BCUT2D eigenvalue weighted by atomic mass is 10.1. The highest BCUT2D eigenvalue weighted by molar-refractivity contribution is 5.35.